The van der Waals surface area contributed by atoms with Crippen LogP contribution in [0.2, 0.25) is 18.1 Å². The van der Waals surface area contributed by atoms with Crippen molar-refractivity contribution in [2.24, 2.45) is 11.8 Å². The number of rotatable bonds is 5. The molecule has 0 radical (unpaired) electrons. The Bertz CT molecular complexity index is 507. The van der Waals surface area contributed by atoms with E-state index in [0.717, 1.165) is 0 Å². The summed E-state index contributed by atoms with van der Waals surface area (Å²) < 4.78 is 17.0. The molecule has 1 aliphatic rings. The summed E-state index contributed by atoms with van der Waals surface area (Å²) >= 11 is 0. The number of esters is 1. The quantitative estimate of drug-likeness (QED) is 0.526. The Morgan fingerprint density at radius 3 is 2.12 bits per heavy atom. The van der Waals surface area contributed by atoms with Gasteiger partial charge in [0, 0.05) is 25.6 Å². The molecule has 0 saturated carbocycles. The highest BCUT2D eigenvalue weighted by atomic mass is 28.4. The van der Waals surface area contributed by atoms with Gasteiger partial charge in [0.25, 0.3) is 0 Å². The minimum Gasteiger partial charge on any atom is -0.466 e. The smallest absolute Gasteiger partial charge is 0.410 e. The standard InChI is InChI=1S/C19H37NO5Si/c1-10-23-16(21)15-12-20(17(22)25-18(2,3)4)11-14(15)13-24-26(8,9)19(5,6)7/h14-15H,10-13H2,1-9H3/t14-,15+/m0/s1. The molecule has 1 aliphatic heterocycles. The van der Waals surface area contributed by atoms with Gasteiger partial charge in [-0.05, 0) is 45.8 Å². The van der Waals surface area contributed by atoms with Crippen molar-refractivity contribution in [3.63, 3.8) is 0 Å². The van der Waals surface area contributed by atoms with Gasteiger partial charge in [-0.15, -0.1) is 0 Å². The average molecular weight is 388 g/mol. The first-order chi connectivity index (χ1) is 11.7. The highest BCUT2D eigenvalue weighted by molar-refractivity contribution is 6.74. The second-order valence-electron chi connectivity index (χ2n) is 9.58. The van der Waals surface area contributed by atoms with Crippen LogP contribution >= 0.6 is 0 Å². The maximum Gasteiger partial charge on any atom is 0.410 e. The molecule has 26 heavy (non-hydrogen) atoms. The first-order valence-corrected chi connectivity index (χ1v) is 12.4. The molecule has 1 amide bonds. The van der Waals surface area contributed by atoms with Crippen molar-refractivity contribution in [2.45, 2.75) is 72.2 Å². The van der Waals surface area contributed by atoms with Crippen LogP contribution in [-0.2, 0) is 18.7 Å². The number of hydrogen-bond acceptors (Lipinski definition) is 5. The van der Waals surface area contributed by atoms with Crippen molar-refractivity contribution >= 4 is 20.4 Å². The average Bonchev–Trinajstić information content (AvgIpc) is 2.87. The molecule has 0 bridgehead atoms. The Hall–Kier alpha value is -1.08. The molecule has 2 atom stereocenters. The second-order valence-corrected chi connectivity index (χ2v) is 14.4. The lowest BCUT2D eigenvalue weighted by Crippen LogP contribution is -2.43. The van der Waals surface area contributed by atoms with Gasteiger partial charge in [0.05, 0.1) is 12.5 Å². The Labute approximate surface area is 159 Å². The summed E-state index contributed by atoms with van der Waals surface area (Å²) in [7, 11) is -1.93. The summed E-state index contributed by atoms with van der Waals surface area (Å²) in [6.07, 6.45) is -0.387. The molecule has 0 aromatic carbocycles. The number of ether oxygens (including phenoxy) is 2. The zero-order valence-electron chi connectivity index (χ0n) is 18.0. The maximum atomic E-state index is 12.4. The normalized spacial score (nSPS) is 21.7. The van der Waals surface area contributed by atoms with Crippen LogP contribution in [0.3, 0.4) is 0 Å². The van der Waals surface area contributed by atoms with E-state index < -0.39 is 13.9 Å². The molecule has 1 heterocycles. The molecule has 1 rings (SSSR count). The second kappa shape index (κ2) is 8.29. The first-order valence-electron chi connectivity index (χ1n) is 9.46. The minimum atomic E-state index is -1.93. The lowest BCUT2D eigenvalue weighted by Gasteiger charge is -2.37. The number of amides is 1. The lowest BCUT2D eigenvalue weighted by molar-refractivity contribution is -0.149. The molecule has 1 saturated heterocycles. The van der Waals surface area contributed by atoms with E-state index in [9.17, 15) is 9.59 Å². The fourth-order valence-corrected chi connectivity index (χ4v) is 3.63. The van der Waals surface area contributed by atoms with Crippen molar-refractivity contribution in [2.75, 3.05) is 26.3 Å². The third-order valence-corrected chi connectivity index (χ3v) is 9.65. The third kappa shape index (κ3) is 6.27. The third-order valence-electron chi connectivity index (χ3n) is 5.15. The molecule has 1 fully saturated rings. The Balaban J connectivity index is 2.85. The highest BCUT2D eigenvalue weighted by Gasteiger charge is 2.44. The number of carbonyl (C=O) groups is 2. The Morgan fingerprint density at radius 1 is 1.08 bits per heavy atom. The molecule has 152 valence electrons. The molecule has 7 heteroatoms. The van der Waals surface area contributed by atoms with E-state index in [2.05, 4.69) is 33.9 Å². The van der Waals surface area contributed by atoms with Crippen LogP contribution in [0.25, 0.3) is 0 Å². The van der Waals surface area contributed by atoms with Crippen LogP contribution in [0.5, 0.6) is 0 Å². The van der Waals surface area contributed by atoms with Gasteiger partial charge in [-0.2, -0.15) is 0 Å². The van der Waals surface area contributed by atoms with E-state index in [-0.39, 0.29) is 28.9 Å². The van der Waals surface area contributed by atoms with Crippen molar-refractivity contribution in [1.29, 1.82) is 0 Å². The van der Waals surface area contributed by atoms with E-state index >= 15 is 0 Å². The lowest BCUT2D eigenvalue weighted by atomic mass is 9.97. The van der Waals surface area contributed by atoms with Gasteiger partial charge in [0.15, 0.2) is 8.32 Å². The molecule has 0 N–H and O–H groups in total. The van der Waals surface area contributed by atoms with Crippen LogP contribution in [0, 0.1) is 11.8 Å². The molecule has 0 unspecified atom stereocenters. The Morgan fingerprint density at radius 2 is 1.65 bits per heavy atom. The van der Waals surface area contributed by atoms with Crippen LogP contribution in [0.15, 0.2) is 0 Å². The summed E-state index contributed by atoms with van der Waals surface area (Å²) in [5.41, 5.74) is -0.563. The minimum absolute atomic E-state index is 0.0734. The van der Waals surface area contributed by atoms with Crippen molar-refractivity contribution in [1.82, 2.24) is 4.90 Å². The molecular formula is C19H37NO5Si. The molecule has 0 aromatic rings. The van der Waals surface area contributed by atoms with E-state index in [4.69, 9.17) is 13.9 Å². The molecule has 6 nitrogen and oxygen atoms in total. The first kappa shape index (κ1) is 23.0. The van der Waals surface area contributed by atoms with Gasteiger partial charge in [-0.3, -0.25) is 4.79 Å². The SMILES string of the molecule is CCOC(=O)[C@@H]1CN(C(=O)OC(C)(C)C)C[C@H]1CO[Si](C)(C)C(C)(C)C. The van der Waals surface area contributed by atoms with Gasteiger partial charge < -0.3 is 18.8 Å². The molecular weight excluding hydrogens is 350 g/mol. The highest BCUT2D eigenvalue weighted by Crippen LogP contribution is 2.38. The number of likely N-dealkylation sites (tertiary alicyclic amines) is 1. The van der Waals surface area contributed by atoms with Crippen LogP contribution in [0.4, 0.5) is 4.79 Å². The van der Waals surface area contributed by atoms with Gasteiger partial charge in [-0.1, -0.05) is 20.8 Å². The summed E-state index contributed by atoms with van der Waals surface area (Å²) in [5.74, 6) is -0.703. The van der Waals surface area contributed by atoms with E-state index in [1.165, 1.54) is 0 Å². The zero-order chi connectivity index (χ0) is 20.3. The van der Waals surface area contributed by atoms with Gasteiger partial charge in [0.1, 0.15) is 5.60 Å². The molecule has 0 aliphatic carbocycles. The van der Waals surface area contributed by atoms with Gasteiger partial charge in [-0.25, -0.2) is 4.79 Å². The maximum absolute atomic E-state index is 12.4. The van der Waals surface area contributed by atoms with Crippen LogP contribution in [-0.4, -0.2) is 57.2 Å². The van der Waals surface area contributed by atoms with E-state index in [0.29, 0.717) is 26.3 Å². The summed E-state index contributed by atoms with van der Waals surface area (Å²) in [6.45, 7) is 19.8. The van der Waals surface area contributed by atoms with Crippen LogP contribution < -0.4 is 0 Å². The predicted octanol–water partition coefficient (Wildman–Crippen LogP) is 4.05. The monoisotopic (exact) mass is 387 g/mol. The summed E-state index contributed by atoms with van der Waals surface area (Å²) in [5, 5.41) is 0.0931. The number of nitrogens with zero attached hydrogens (tertiary/aromatic N) is 1. The van der Waals surface area contributed by atoms with Gasteiger partial charge in [0.2, 0.25) is 0 Å². The largest absolute Gasteiger partial charge is 0.466 e. The Kier molecular flexibility index (Phi) is 7.32. The number of carbonyl (C=O) groups excluding carboxylic acids is 2. The van der Waals surface area contributed by atoms with Crippen molar-refractivity contribution < 1.29 is 23.5 Å². The fraction of sp³-hybridized carbons (Fsp3) is 0.895. The topological polar surface area (TPSA) is 65.1 Å². The number of hydrogen-bond donors (Lipinski definition) is 0. The van der Waals surface area contributed by atoms with Gasteiger partial charge >= 0.3 is 12.1 Å². The van der Waals surface area contributed by atoms with Crippen molar-refractivity contribution in [3.05, 3.63) is 0 Å². The van der Waals surface area contributed by atoms with E-state index in [1.807, 2.05) is 20.8 Å². The van der Waals surface area contributed by atoms with E-state index in [1.54, 1.807) is 11.8 Å². The van der Waals surface area contributed by atoms with Crippen molar-refractivity contribution in [3.8, 4) is 0 Å². The fourth-order valence-electron chi connectivity index (χ4n) is 2.56. The van der Waals surface area contributed by atoms with Crippen LogP contribution in [0.1, 0.15) is 48.5 Å². The predicted molar refractivity (Wildman–Crippen MR) is 105 cm³/mol. The summed E-state index contributed by atoms with van der Waals surface area (Å²) in [6, 6.07) is 0. The molecule has 0 spiro atoms. The molecule has 0 aromatic heterocycles. The summed E-state index contributed by atoms with van der Waals surface area (Å²) in [4.78, 5) is 26.4. The zero-order valence-corrected chi connectivity index (χ0v) is 19.0.